The lowest BCUT2D eigenvalue weighted by Gasteiger charge is -2.25. The monoisotopic (exact) mass is 269 g/mol. The number of hydrogen-bond donors (Lipinski definition) is 2. The fraction of sp³-hybridized carbons (Fsp3) is 0.267. The maximum Gasteiger partial charge on any atom is 0.140 e. The van der Waals surface area contributed by atoms with Gasteiger partial charge in [0, 0.05) is 31.7 Å². The molecule has 2 aromatic heterocycles. The van der Waals surface area contributed by atoms with Gasteiger partial charge in [0.25, 0.3) is 0 Å². The zero-order valence-electron chi connectivity index (χ0n) is 11.8. The normalized spacial score (nSPS) is 10.3. The third-order valence-electron chi connectivity index (χ3n) is 3.21. The van der Waals surface area contributed by atoms with Crippen LogP contribution in [0.4, 0.5) is 5.82 Å². The molecule has 5 heteroatoms. The standard InChI is InChI=1S/C15H19N5/c1-3-20(10-12-5-7-18-8-6-12)15-13(14(16)17)11(2)4-9-19-15/h4-9H,3,10H2,1-2H3,(H3,16,17). The number of rotatable bonds is 5. The molecule has 0 unspecified atom stereocenters. The molecular weight excluding hydrogens is 250 g/mol. The first-order valence-corrected chi connectivity index (χ1v) is 6.57. The second-order valence-electron chi connectivity index (χ2n) is 4.61. The van der Waals surface area contributed by atoms with Gasteiger partial charge < -0.3 is 10.6 Å². The Morgan fingerprint density at radius 2 is 1.95 bits per heavy atom. The van der Waals surface area contributed by atoms with Crippen molar-refractivity contribution < 1.29 is 0 Å². The molecule has 0 aliphatic heterocycles. The van der Waals surface area contributed by atoms with Crippen molar-refractivity contribution in [1.29, 1.82) is 5.41 Å². The SMILES string of the molecule is CCN(Cc1ccncc1)c1nccc(C)c1C(=N)N. The Labute approximate surface area is 119 Å². The second kappa shape index (κ2) is 6.14. The van der Waals surface area contributed by atoms with Crippen molar-refractivity contribution in [3.63, 3.8) is 0 Å². The predicted octanol–water partition coefficient (Wildman–Crippen LogP) is 2.10. The van der Waals surface area contributed by atoms with Crippen molar-refractivity contribution in [2.75, 3.05) is 11.4 Å². The zero-order chi connectivity index (χ0) is 14.5. The van der Waals surface area contributed by atoms with E-state index < -0.39 is 0 Å². The van der Waals surface area contributed by atoms with Crippen LogP contribution in [0.25, 0.3) is 0 Å². The molecule has 5 nitrogen and oxygen atoms in total. The minimum absolute atomic E-state index is 0.0544. The second-order valence-corrected chi connectivity index (χ2v) is 4.61. The van der Waals surface area contributed by atoms with Crippen LogP contribution in [-0.2, 0) is 6.54 Å². The van der Waals surface area contributed by atoms with Gasteiger partial charge in [0.15, 0.2) is 0 Å². The van der Waals surface area contributed by atoms with Gasteiger partial charge in [-0.1, -0.05) is 0 Å². The molecule has 0 aromatic carbocycles. The first kappa shape index (κ1) is 14.0. The number of amidine groups is 1. The quantitative estimate of drug-likeness (QED) is 0.643. The minimum Gasteiger partial charge on any atom is -0.384 e. The lowest BCUT2D eigenvalue weighted by Crippen LogP contribution is -2.27. The van der Waals surface area contributed by atoms with Crippen LogP contribution in [0, 0.1) is 12.3 Å². The van der Waals surface area contributed by atoms with E-state index in [4.69, 9.17) is 11.1 Å². The minimum atomic E-state index is 0.0544. The summed E-state index contributed by atoms with van der Waals surface area (Å²) in [6, 6.07) is 5.83. The van der Waals surface area contributed by atoms with E-state index in [9.17, 15) is 0 Å². The fourth-order valence-corrected chi connectivity index (χ4v) is 2.16. The van der Waals surface area contributed by atoms with Gasteiger partial charge >= 0.3 is 0 Å². The van der Waals surface area contributed by atoms with E-state index in [1.807, 2.05) is 25.1 Å². The molecule has 2 rings (SSSR count). The summed E-state index contributed by atoms with van der Waals surface area (Å²) in [4.78, 5) is 10.6. The highest BCUT2D eigenvalue weighted by Crippen LogP contribution is 2.22. The van der Waals surface area contributed by atoms with Gasteiger partial charge in [0.2, 0.25) is 0 Å². The van der Waals surface area contributed by atoms with Crippen LogP contribution < -0.4 is 10.6 Å². The molecule has 20 heavy (non-hydrogen) atoms. The maximum absolute atomic E-state index is 7.77. The lowest BCUT2D eigenvalue weighted by molar-refractivity contribution is 0.810. The maximum atomic E-state index is 7.77. The highest BCUT2D eigenvalue weighted by molar-refractivity contribution is 6.00. The summed E-state index contributed by atoms with van der Waals surface area (Å²) < 4.78 is 0. The summed E-state index contributed by atoms with van der Waals surface area (Å²) >= 11 is 0. The van der Waals surface area contributed by atoms with Crippen LogP contribution in [0.2, 0.25) is 0 Å². The van der Waals surface area contributed by atoms with Gasteiger partial charge in [-0.05, 0) is 43.2 Å². The fourth-order valence-electron chi connectivity index (χ4n) is 2.16. The van der Waals surface area contributed by atoms with Crippen molar-refractivity contribution in [3.8, 4) is 0 Å². The molecule has 0 radical (unpaired) electrons. The summed E-state index contributed by atoms with van der Waals surface area (Å²) in [5.74, 6) is 0.815. The van der Waals surface area contributed by atoms with E-state index in [0.29, 0.717) is 5.56 Å². The highest BCUT2D eigenvalue weighted by Gasteiger charge is 2.15. The third kappa shape index (κ3) is 2.93. The Hall–Kier alpha value is -2.43. The molecule has 2 aromatic rings. The molecule has 104 valence electrons. The molecule has 0 spiro atoms. The number of anilines is 1. The van der Waals surface area contributed by atoms with Crippen molar-refractivity contribution in [1.82, 2.24) is 9.97 Å². The van der Waals surface area contributed by atoms with Crippen LogP contribution in [-0.4, -0.2) is 22.3 Å². The van der Waals surface area contributed by atoms with E-state index in [1.54, 1.807) is 18.6 Å². The Kier molecular flexibility index (Phi) is 4.30. The summed E-state index contributed by atoms with van der Waals surface area (Å²) in [5.41, 5.74) is 8.54. The zero-order valence-corrected chi connectivity index (χ0v) is 11.8. The molecule has 0 aliphatic carbocycles. The Balaban J connectivity index is 2.37. The summed E-state index contributed by atoms with van der Waals surface area (Å²) in [5, 5.41) is 7.77. The van der Waals surface area contributed by atoms with Gasteiger partial charge in [-0.3, -0.25) is 10.4 Å². The smallest absolute Gasteiger partial charge is 0.140 e. The average molecular weight is 269 g/mol. The molecule has 0 atom stereocenters. The Morgan fingerprint density at radius 1 is 1.25 bits per heavy atom. The summed E-state index contributed by atoms with van der Waals surface area (Å²) in [6.45, 7) is 5.52. The number of nitrogen functional groups attached to an aromatic ring is 1. The molecule has 3 N–H and O–H groups in total. The van der Waals surface area contributed by atoms with Crippen molar-refractivity contribution in [2.45, 2.75) is 20.4 Å². The lowest BCUT2D eigenvalue weighted by atomic mass is 10.1. The van der Waals surface area contributed by atoms with E-state index >= 15 is 0 Å². The van der Waals surface area contributed by atoms with Crippen molar-refractivity contribution in [3.05, 3.63) is 53.5 Å². The number of nitrogens with zero attached hydrogens (tertiary/aromatic N) is 3. The molecule has 2 heterocycles. The average Bonchev–Trinajstić information content (AvgIpc) is 2.45. The van der Waals surface area contributed by atoms with Gasteiger partial charge in [0.05, 0.1) is 5.56 Å². The number of hydrogen-bond acceptors (Lipinski definition) is 4. The van der Waals surface area contributed by atoms with Crippen LogP contribution in [0.1, 0.15) is 23.6 Å². The molecule has 0 fully saturated rings. The van der Waals surface area contributed by atoms with E-state index in [2.05, 4.69) is 21.8 Å². The topological polar surface area (TPSA) is 78.9 Å². The van der Waals surface area contributed by atoms with E-state index in [1.165, 1.54) is 0 Å². The van der Waals surface area contributed by atoms with Crippen molar-refractivity contribution >= 4 is 11.7 Å². The molecule has 0 saturated heterocycles. The van der Waals surface area contributed by atoms with Gasteiger partial charge in [-0.25, -0.2) is 4.98 Å². The predicted molar refractivity (Wildman–Crippen MR) is 81.0 cm³/mol. The van der Waals surface area contributed by atoms with E-state index in [0.717, 1.165) is 30.0 Å². The highest BCUT2D eigenvalue weighted by atomic mass is 15.2. The number of nitrogens with one attached hydrogen (secondary N) is 1. The molecule has 0 aliphatic rings. The van der Waals surface area contributed by atoms with Gasteiger partial charge in [-0.2, -0.15) is 0 Å². The van der Waals surface area contributed by atoms with E-state index in [-0.39, 0.29) is 5.84 Å². The van der Waals surface area contributed by atoms with Gasteiger partial charge in [0.1, 0.15) is 11.7 Å². The number of pyridine rings is 2. The van der Waals surface area contributed by atoms with Crippen LogP contribution in [0.3, 0.4) is 0 Å². The molecule has 0 bridgehead atoms. The van der Waals surface area contributed by atoms with Crippen LogP contribution >= 0.6 is 0 Å². The van der Waals surface area contributed by atoms with Crippen LogP contribution in [0.15, 0.2) is 36.8 Å². The Bertz CT molecular complexity index is 594. The molecular formula is C15H19N5. The first-order valence-electron chi connectivity index (χ1n) is 6.57. The third-order valence-corrected chi connectivity index (χ3v) is 3.21. The summed E-state index contributed by atoms with van der Waals surface area (Å²) in [6.07, 6.45) is 5.31. The first-order chi connectivity index (χ1) is 9.63. The largest absolute Gasteiger partial charge is 0.384 e. The number of aryl methyl sites for hydroxylation is 1. The number of aromatic nitrogens is 2. The number of nitrogens with two attached hydrogens (primary N) is 1. The Morgan fingerprint density at radius 3 is 2.55 bits per heavy atom. The molecule has 0 saturated carbocycles. The van der Waals surface area contributed by atoms with Crippen molar-refractivity contribution in [2.24, 2.45) is 5.73 Å². The summed E-state index contributed by atoms with van der Waals surface area (Å²) in [7, 11) is 0. The molecule has 0 amide bonds. The van der Waals surface area contributed by atoms with Gasteiger partial charge in [-0.15, -0.1) is 0 Å². The van der Waals surface area contributed by atoms with Crippen LogP contribution in [0.5, 0.6) is 0 Å².